The van der Waals surface area contributed by atoms with Gasteiger partial charge in [0.1, 0.15) is 6.61 Å². The number of esters is 2. The highest BCUT2D eigenvalue weighted by Crippen LogP contribution is 2.06. The molecule has 0 aliphatic carbocycles. The van der Waals surface area contributed by atoms with Crippen LogP contribution in [0, 0.1) is 0 Å². The molecule has 23 heavy (non-hydrogen) atoms. The van der Waals surface area contributed by atoms with Gasteiger partial charge in [-0.1, -0.05) is 30.3 Å². The Kier molecular flexibility index (Phi) is 7.32. The van der Waals surface area contributed by atoms with Gasteiger partial charge in [0.05, 0.1) is 26.3 Å². The summed E-state index contributed by atoms with van der Waals surface area (Å²) in [6.45, 7) is -0.0340. The number of nitrogens with zero attached hydrogens (tertiary/aromatic N) is 1. The molecule has 0 N–H and O–H groups in total. The van der Waals surface area contributed by atoms with Crippen molar-refractivity contribution in [1.82, 2.24) is 4.90 Å². The SMILES string of the molecule is COC(=O)/C=C(/CN(C)C(=O)OCc1ccccc1)C(=O)OC. The fourth-order valence-corrected chi connectivity index (χ4v) is 1.65. The minimum absolute atomic E-state index is 0.0153. The van der Waals surface area contributed by atoms with E-state index >= 15 is 0 Å². The van der Waals surface area contributed by atoms with Gasteiger partial charge in [0, 0.05) is 13.1 Å². The van der Waals surface area contributed by atoms with E-state index in [1.807, 2.05) is 30.3 Å². The van der Waals surface area contributed by atoms with Crippen LogP contribution in [0.25, 0.3) is 0 Å². The fraction of sp³-hybridized carbons (Fsp3) is 0.312. The number of hydrogen-bond donors (Lipinski definition) is 0. The van der Waals surface area contributed by atoms with Crippen molar-refractivity contribution in [3.05, 3.63) is 47.5 Å². The zero-order valence-electron chi connectivity index (χ0n) is 13.3. The second-order valence-electron chi connectivity index (χ2n) is 4.58. The van der Waals surface area contributed by atoms with Crippen LogP contribution in [0.1, 0.15) is 5.56 Å². The Morgan fingerprint density at radius 3 is 2.30 bits per heavy atom. The molecule has 1 aromatic carbocycles. The van der Waals surface area contributed by atoms with Crippen LogP contribution in [0.4, 0.5) is 4.79 Å². The first-order chi connectivity index (χ1) is 11.0. The van der Waals surface area contributed by atoms with Gasteiger partial charge >= 0.3 is 18.0 Å². The lowest BCUT2D eigenvalue weighted by Gasteiger charge is -2.17. The van der Waals surface area contributed by atoms with Gasteiger partial charge in [-0.15, -0.1) is 0 Å². The molecular weight excluding hydrogens is 302 g/mol. The fourth-order valence-electron chi connectivity index (χ4n) is 1.65. The standard InChI is InChI=1S/C16H19NO6/c1-17(10-13(15(19)22-3)9-14(18)21-2)16(20)23-11-12-7-5-4-6-8-12/h4-9H,10-11H2,1-3H3/b13-9-. The Labute approximate surface area is 134 Å². The Morgan fingerprint density at radius 1 is 1.09 bits per heavy atom. The predicted molar refractivity (Wildman–Crippen MR) is 81.4 cm³/mol. The van der Waals surface area contributed by atoms with Gasteiger partial charge in [0.2, 0.25) is 0 Å². The lowest BCUT2D eigenvalue weighted by Crippen LogP contribution is -2.31. The molecule has 0 radical (unpaired) electrons. The Hall–Kier alpha value is -2.83. The Bertz CT molecular complexity index is 581. The summed E-state index contributed by atoms with van der Waals surface area (Å²) in [4.78, 5) is 36.0. The normalized spacial score (nSPS) is 10.7. The minimum atomic E-state index is -0.724. The highest BCUT2D eigenvalue weighted by atomic mass is 16.6. The van der Waals surface area contributed by atoms with Crippen molar-refractivity contribution in [2.75, 3.05) is 27.8 Å². The lowest BCUT2D eigenvalue weighted by atomic mass is 10.2. The molecule has 7 heteroatoms. The van der Waals surface area contributed by atoms with E-state index in [-0.39, 0.29) is 18.7 Å². The van der Waals surface area contributed by atoms with E-state index in [1.54, 1.807) is 0 Å². The molecule has 0 bridgehead atoms. The van der Waals surface area contributed by atoms with Crippen LogP contribution < -0.4 is 0 Å². The zero-order valence-corrected chi connectivity index (χ0v) is 13.3. The molecule has 1 amide bonds. The molecule has 0 saturated heterocycles. The van der Waals surface area contributed by atoms with E-state index in [0.29, 0.717) is 0 Å². The summed E-state index contributed by atoms with van der Waals surface area (Å²) in [6.07, 6.45) is 0.348. The summed E-state index contributed by atoms with van der Waals surface area (Å²) in [7, 11) is 3.81. The molecule has 1 aromatic rings. The molecule has 1 rings (SSSR count). The molecule has 0 aliphatic heterocycles. The molecule has 7 nitrogen and oxygen atoms in total. The van der Waals surface area contributed by atoms with Gasteiger partial charge in [0.15, 0.2) is 0 Å². The average molecular weight is 321 g/mol. The number of carbonyl (C=O) groups excluding carboxylic acids is 3. The summed E-state index contributed by atoms with van der Waals surface area (Å²) in [5.41, 5.74) is 0.825. The van der Waals surface area contributed by atoms with E-state index in [2.05, 4.69) is 9.47 Å². The van der Waals surface area contributed by atoms with Crippen LogP contribution in [0.2, 0.25) is 0 Å². The third-order valence-corrected chi connectivity index (χ3v) is 2.87. The number of carbonyl (C=O) groups is 3. The third kappa shape index (κ3) is 6.21. The molecule has 0 spiro atoms. The van der Waals surface area contributed by atoms with Crippen molar-refractivity contribution in [3.63, 3.8) is 0 Å². The maximum absolute atomic E-state index is 11.9. The Morgan fingerprint density at radius 2 is 1.74 bits per heavy atom. The zero-order chi connectivity index (χ0) is 17.2. The van der Waals surface area contributed by atoms with Gasteiger partial charge in [-0.25, -0.2) is 14.4 Å². The molecule has 0 aliphatic rings. The first-order valence-electron chi connectivity index (χ1n) is 6.76. The summed E-state index contributed by atoms with van der Waals surface area (Å²) >= 11 is 0. The number of ether oxygens (including phenoxy) is 3. The minimum Gasteiger partial charge on any atom is -0.466 e. The summed E-state index contributed by atoms with van der Waals surface area (Å²) < 4.78 is 14.2. The molecular formula is C16H19NO6. The monoisotopic (exact) mass is 321 g/mol. The summed E-state index contributed by atoms with van der Waals surface area (Å²) in [5, 5.41) is 0. The number of methoxy groups -OCH3 is 2. The number of hydrogen-bond acceptors (Lipinski definition) is 6. The number of amides is 1. The molecule has 0 heterocycles. The molecule has 0 aromatic heterocycles. The smallest absolute Gasteiger partial charge is 0.410 e. The quantitative estimate of drug-likeness (QED) is 0.449. The first-order valence-corrected chi connectivity index (χ1v) is 6.76. The average Bonchev–Trinajstić information content (AvgIpc) is 2.58. The van der Waals surface area contributed by atoms with Gasteiger partial charge < -0.3 is 19.1 Å². The molecule has 0 saturated carbocycles. The second kappa shape index (κ2) is 9.24. The van der Waals surface area contributed by atoms with E-state index < -0.39 is 18.0 Å². The molecule has 0 fully saturated rings. The second-order valence-corrected chi connectivity index (χ2v) is 4.58. The van der Waals surface area contributed by atoms with Crippen molar-refractivity contribution in [1.29, 1.82) is 0 Å². The van der Waals surface area contributed by atoms with Gasteiger partial charge in [-0.05, 0) is 5.56 Å². The van der Waals surface area contributed by atoms with E-state index in [9.17, 15) is 14.4 Å². The topological polar surface area (TPSA) is 82.1 Å². The van der Waals surface area contributed by atoms with Crippen LogP contribution in [0.3, 0.4) is 0 Å². The van der Waals surface area contributed by atoms with Crippen LogP contribution >= 0.6 is 0 Å². The van der Waals surface area contributed by atoms with E-state index in [1.165, 1.54) is 21.3 Å². The predicted octanol–water partition coefficient (Wildman–Crippen LogP) is 1.53. The number of rotatable bonds is 6. The van der Waals surface area contributed by atoms with Crippen molar-refractivity contribution >= 4 is 18.0 Å². The highest BCUT2D eigenvalue weighted by molar-refractivity contribution is 5.97. The number of likely N-dealkylation sites (N-methyl/N-ethyl adjacent to an activating group) is 1. The number of benzene rings is 1. The van der Waals surface area contributed by atoms with Crippen LogP contribution in [-0.4, -0.2) is 50.7 Å². The summed E-state index contributed by atoms with van der Waals surface area (Å²) in [5.74, 6) is -1.44. The van der Waals surface area contributed by atoms with Crippen LogP contribution in [0.5, 0.6) is 0 Å². The van der Waals surface area contributed by atoms with Gasteiger partial charge in [-0.3, -0.25) is 0 Å². The Balaban J connectivity index is 2.65. The van der Waals surface area contributed by atoms with Crippen molar-refractivity contribution in [2.45, 2.75) is 6.61 Å². The van der Waals surface area contributed by atoms with Gasteiger partial charge in [-0.2, -0.15) is 0 Å². The summed E-state index contributed by atoms with van der Waals surface area (Å²) in [6, 6.07) is 9.18. The van der Waals surface area contributed by atoms with Crippen molar-refractivity contribution in [2.24, 2.45) is 0 Å². The third-order valence-electron chi connectivity index (χ3n) is 2.87. The molecule has 124 valence electrons. The van der Waals surface area contributed by atoms with E-state index in [0.717, 1.165) is 16.5 Å². The molecule has 0 atom stereocenters. The lowest BCUT2D eigenvalue weighted by molar-refractivity contribution is -0.138. The van der Waals surface area contributed by atoms with E-state index in [4.69, 9.17) is 4.74 Å². The van der Waals surface area contributed by atoms with Crippen molar-refractivity contribution < 1.29 is 28.6 Å². The van der Waals surface area contributed by atoms with Gasteiger partial charge in [0.25, 0.3) is 0 Å². The maximum Gasteiger partial charge on any atom is 0.410 e. The highest BCUT2D eigenvalue weighted by Gasteiger charge is 2.18. The first kappa shape index (κ1) is 18.2. The van der Waals surface area contributed by atoms with Crippen LogP contribution in [0.15, 0.2) is 42.0 Å². The van der Waals surface area contributed by atoms with Crippen LogP contribution in [-0.2, 0) is 30.4 Å². The maximum atomic E-state index is 11.9. The molecule has 0 unspecified atom stereocenters. The van der Waals surface area contributed by atoms with Crippen molar-refractivity contribution in [3.8, 4) is 0 Å². The largest absolute Gasteiger partial charge is 0.466 e.